The lowest BCUT2D eigenvalue weighted by Crippen LogP contribution is -2.40. The van der Waals surface area contributed by atoms with Crippen molar-refractivity contribution < 1.29 is 4.79 Å². The maximum atomic E-state index is 12.6. The molecule has 6 heteroatoms. The largest absolute Gasteiger partial charge is 0.342 e. The number of thiazole rings is 1. The van der Waals surface area contributed by atoms with Crippen molar-refractivity contribution in [2.45, 2.75) is 58.4 Å². The molecule has 5 nitrogen and oxygen atoms in total. The van der Waals surface area contributed by atoms with E-state index in [-0.39, 0.29) is 5.91 Å². The Bertz CT molecular complexity index is 691. The molecule has 1 fully saturated rings. The van der Waals surface area contributed by atoms with Gasteiger partial charge in [-0.2, -0.15) is 5.10 Å². The van der Waals surface area contributed by atoms with Gasteiger partial charge in [0.05, 0.1) is 22.8 Å². The number of likely N-dealkylation sites (tertiary alicyclic amines) is 1. The van der Waals surface area contributed by atoms with Crippen LogP contribution in [-0.2, 0) is 17.6 Å². The van der Waals surface area contributed by atoms with Crippen molar-refractivity contribution in [3.8, 4) is 0 Å². The van der Waals surface area contributed by atoms with Crippen LogP contribution in [0.25, 0.3) is 0 Å². The minimum Gasteiger partial charge on any atom is -0.342 e. The average molecular weight is 347 g/mol. The molecule has 0 radical (unpaired) electrons. The van der Waals surface area contributed by atoms with Gasteiger partial charge in [-0.3, -0.25) is 9.48 Å². The zero-order valence-electron chi connectivity index (χ0n) is 14.7. The van der Waals surface area contributed by atoms with Crippen LogP contribution in [0.3, 0.4) is 0 Å². The van der Waals surface area contributed by atoms with Crippen LogP contribution < -0.4 is 0 Å². The van der Waals surface area contributed by atoms with Crippen molar-refractivity contribution in [3.63, 3.8) is 0 Å². The van der Waals surface area contributed by atoms with Gasteiger partial charge in [-0.25, -0.2) is 4.98 Å². The van der Waals surface area contributed by atoms with E-state index in [4.69, 9.17) is 4.98 Å². The molecule has 0 spiro atoms. The summed E-state index contributed by atoms with van der Waals surface area (Å²) in [5.41, 5.74) is 2.02. The summed E-state index contributed by atoms with van der Waals surface area (Å²) in [5.74, 6) is 0.571. The first-order valence-electron chi connectivity index (χ1n) is 8.83. The van der Waals surface area contributed by atoms with Crippen LogP contribution in [0.5, 0.6) is 0 Å². The SMILES string of the molecule is CCc1csc(C2CCCN(C(=O)Cc3ccn(C(C)C)n3)C2)n1. The Morgan fingerprint density at radius 1 is 1.42 bits per heavy atom. The van der Waals surface area contributed by atoms with Gasteiger partial charge in [0.15, 0.2) is 0 Å². The molecular weight excluding hydrogens is 320 g/mol. The molecule has 3 rings (SSSR count). The molecule has 0 N–H and O–H groups in total. The third kappa shape index (κ3) is 3.86. The van der Waals surface area contributed by atoms with E-state index in [1.165, 1.54) is 5.01 Å². The third-order valence-electron chi connectivity index (χ3n) is 4.58. The molecule has 130 valence electrons. The second-order valence-electron chi connectivity index (χ2n) is 6.77. The number of piperidine rings is 1. The maximum Gasteiger partial charge on any atom is 0.228 e. The number of hydrogen-bond donors (Lipinski definition) is 0. The topological polar surface area (TPSA) is 51.0 Å². The molecule has 0 saturated carbocycles. The minimum atomic E-state index is 0.181. The van der Waals surface area contributed by atoms with Gasteiger partial charge in [-0.1, -0.05) is 6.92 Å². The van der Waals surface area contributed by atoms with Crippen molar-refractivity contribution in [3.05, 3.63) is 34.0 Å². The molecule has 0 aromatic carbocycles. The number of aryl methyl sites for hydroxylation is 1. The number of hydrogen-bond acceptors (Lipinski definition) is 4. The molecule has 2 aromatic heterocycles. The average Bonchev–Trinajstić information content (AvgIpc) is 3.24. The van der Waals surface area contributed by atoms with Crippen LogP contribution in [0, 0.1) is 0 Å². The summed E-state index contributed by atoms with van der Waals surface area (Å²) < 4.78 is 1.91. The van der Waals surface area contributed by atoms with Gasteiger partial charge in [-0.05, 0) is 39.2 Å². The van der Waals surface area contributed by atoms with Crippen LogP contribution in [0.15, 0.2) is 17.6 Å². The van der Waals surface area contributed by atoms with E-state index in [2.05, 4.69) is 31.2 Å². The van der Waals surface area contributed by atoms with E-state index >= 15 is 0 Å². The summed E-state index contributed by atoms with van der Waals surface area (Å²) >= 11 is 1.74. The predicted octanol–water partition coefficient (Wildman–Crippen LogP) is 3.43. The Morgan fingerprint density at radius 2 is 2.25 bits per heavy atom. The number of carbonyl (C=O) groups is 1. The van der Waals surface area contributed by atoms with Crippen molar-refractivity contribution in [1.29, 1.82) is 0 Å². The fraction of sp³-hybridized carbons (Fsp3) is 0.611. The Labute approximate surface area is 147 Å². The second-order valence-corrected chi connectivity index (χ2v) is 7.66. The quantitative estimate of drug-likeness (QED) is 0.833. The second kappa shape index (κ2) is 7.47. The number of rotatable bonds is 5. The monoisotopic (exact) mass is 346 g/mol. The molecule has 1 saturated heterocycles. The van der Waals surface area contributed by atoms with E-state index in [1.54, 1.807) is 11.3 Å². The highest BCUT2D eigenvalue weighted by Crippen LogP contribution is 2.29. The predicted molar refractivity (Wildman–Crippen MR) is 96.4 cm³/mol. The van der Waals surface area contributed by atoms with Crippen LogP contribution in [0.2, 0.25) is 0 Å². The highest BCUT2D eigenvalue weighted by atomic mass is 32.1. The summed E-state index contributed by atoms with van der Waals surface area (Å²) in [5, 5.41) is 7.83. The lowest BCUT2D eigenvalue weighted by molar-refractivity contribution is -0.131. The van der Waals surface area contributed by atoms with Gasteiger partial charge in [-0.15, -0.1) is 11.3 Å². The number of aromatic nitrogens is 3. The molecule has 1 aliphatic heterocycles. The highest BCUT2D eigenvalue weighted by molar-refractivity contribution is 7.09. The molecule has 0 aliphatic carbocycles. The zero-order valence-corrected chi connectivity index (χ0v) is 15.6. The maximum absolute atomic E-state index is 12.6. The van der Waals surface area contributed by atoms with Crippen molar-refractivity contribution in [2.24, 2.45) is 0 Å². The van der Waals surface area contributed by atoms with Gasteiger partial charge in [0, 0.05) is 36.6 Å². The Hall–Kier alpha value is -1.69. The van der Waals surface area contributed by atoms with E-state index in [0.29, 0.717) is 18.4 Å². The van der Waals surface area contributed by atoms with Crippen LogP contribution in [0.1, 0.15) is 62.0 Å². The van der Waals surface area contributed by atoms with E-state index in [0.717, 1.165) is 43.7 Å². The van der Waals surface area contributed by atoms with Crippen LogP contribution in [0.4, 0.5) is 0 Å². The molecule has 3 heterocycles. The highest BCUT2D eigenvalue weighted by Gasteiger charge is 2.27. The first kappa shape index (κ1) is 17.1. The number of carbonyl (C=O) groups excluding carboxylic acids is 1. The zero-order chi connectivity index (χ0) is 17.1. The molecule has 24 heavy (non-hydrogen) atoms. The van der Waals surface area contributed by atoms with Crippen LogP contribution in [-0.4, -0.2) is 38.7 Å². The summed E-state index contributed by atoms with van der Waals surface area (Å²) in [7, 11) is 0. The fourth-order valence-corrected chi connectivity index (χ4v) is 4.13. The summed E-state index contributed by atoms with van der Waals surface area (Å²) in [6.45, 7) is 7.96. The van der Waals surface area contributed by atoms with Gasteiger partial charge in [0.25, 0.3) is 0 Å². The van der Waals surface area contributed by atoms with E-state index < -0.39 is 0 Å². The summed E-state index contributed by atoms with van der Waals surface area (Å²) in [6, 6.07) is 2.28. The first-order valence-corrected chi connectivity index (χ1v) is 9.71. The van der Waals surface area contributed by atoms with Crippen molar-refractivity contribution in [1.82, 2.24) is 19.7 Å². The normalized spacial score (nSPS) is 18.3. The molecule has 1 aliphatic rings. The minimum absolute atomic E-state index is 0.181. The molecule has 0 bridgehead atoms. The standard InChI is InChI=1S/C18H26N4OS/c1-4-15-12-24-18(19-15)14-6-5-8-21(11-14)17(23)10-16-7-9-22(20-16)13(2)3/h7,9,12-14H,4-6,8,10-11H2,1-3H3. The summed E-state index contributed by atoms with van der Waals surface area (Å²) in [6.07, 6.45) is 5.50. The van der Waals surface area contributed by atoms with E-state index in [9.17, 15) is 4.79 Å². The first-order chi connectivity index (χ1) is 11.6. The van der Waals surface area contributed by atoms with Gasteiger partial charge in [0.2, 0.25) is 5.91 Å². The molecule has 1 unspecified atom stereocenters. The number of nitrogens with zero attached hydrogens (tertiary/aromatic N) is 4. The summed E-state index contributed by atoms with van der Waals surface area (Å²) in [4.78, 5) is 19.4. The fourth-order valence-electron chi connectivity index (χ4n) is 3.10. The lowest BCUT2D eigenvalue weighted by atomic mass is 9.98. The van der Waals surface area contributed by atoms with Gasteiger partial charge < -0.3 is 4.90 Å². The van der Waals surface area contributed by atoms with Crippen molar-refractivity contribution >= 4 is 17.2 Å². The number of amides is 1. The Kier molecular flexibility index (Phi) is 5.33. The third-order valence-corrected chi connectivity index (χ3v) is 5.64. The van der Waals surface area contributed by atoms with Gasteiger partial charge in [0.1, 0.15) is 0 Å². The lowest BCUT2D eigenvalue weighted by Gasteiger charge is -2.31. The molecule has 1 atom stereocenters. The Morgan fingerprint density at radius 3 is 2.92 bits per heavy atom. The smallest absolute Gasteiger partial charge is 0.228 e. The van der Waals surface area contributed by atoms with Crippen LogP contribution >= 0.6 is 11.3 Å². The molecule has 1 amide bonds. The van der Waals surface area contributed by atoms with Crippen molar-refractivity contribution in [2.75, 3.05) is 13.1 Å². The molecular formula is C18H26N4OS. The molecule has 2 aromatic rings. The van der Waals surface area contributed by atoms with Gasteiger partial charge >= 0.3 is 0 Å². The van der Waals surface area contributed by atoms with E-state index in [1.807, 2.05) is 21.8 Å². The Balaban J connectivity index is 1.62.